The van der Waals surface area contributed by atoms with Crippen LogP contribution in [-0.4, -0.2) is 62.8 Å². The molecule has 1 aliphatic heterocycles. The zero-order valence-electron chi connectivity index (χ0n) is 23.1. The average Bonchev–Trinajstić information content (AvgIpc) is 3.22. The Morgan fingerprint density at radius 1 is 1.15 bits per heavy atom. The maximum absolute atomic E-state index is 13.7. The number of carbonyl (C=O) groups excluding carboxylic acids is 3. The molecular weight excluding hydrogens is 514 g/mol. The minimum atomic E-state index is -1.61. The van der Waals surface area contributed by atoms with Crippen LogP contribution in [0, 0.1) is 18.8 Å². The smallest absolute Gasteiger partial charge is 0.408 e. The first-order chi connectivity index (χ1) is 18.5. The first-order valence-electron chi connectivity index (χ1n) is 12.9. The zero-order valence-corrected chi connectivity index (χ0v) is 23.9. The Kier molecular flexibility index (Phi) is 10.4. The van der Waals surface area contributed by atoms with Gasteiger partial charge < -0.3 is 25.4 Å². The van der Waals surface area contributed by atoms with Gasteiger partial charge in [-0.25, -0.2) is 4.79 Å². The Bertz CT molecular complexity index is 1220. The van der Waals surface area contributed by atoms with Gasteiger partial charge in [-0.15, -0.1) is 17.7 Å². The number of benzene rings is 2. The van der Waals surface area contributed by atoms with Crippen LogP contribution < -0.4 is 10.6 Å². The first kappa shape index (κ1) is 30.1. The summed E-state index contributed by atoms with van der Waals surface area (Å²) in [7, 11) is 0. The number of nitrogens with zero attached hydrogens (tertiary/aromatic N) is 1. The molecule has 8 nitrogen and oxygen atoms in total. The highest BCUT2D eigenvalue weighted by Gasteiger charge is 2.49. The molecule has 1 aliphatic rings. The summed E-state index contributed by atoms with van der Waals surface area (Å²) < 4.78 is 4.68. The van der Waals surface area contributed by atoms with Crippen LogP contribution >= 0.6 is 11.8 Å². The fourth-order valence-corrected chi connectivity index (χ4v) is 5.67. The predicted molar refractivity (Wildman–Crippen MR) is 153 cm³/mol. The lowest BCUT2D eigenvalue weighted by molar-refractivity contribution is -0.147. The van der Waals surface area contributed by atoms with Crippen molar-refractivity contribution in [2.24, 2.45) is 0 Å². The molecule has 3 unspecified atom stereocenters. The summed E-state index contributed by atoms with van der Waals surface area (Å²) >= 11 is 1.46. The normalized spacial score (nSPS) is 18.2. The van der Waals surface area contributed by atoms with Crippen molar-refractivity contribution in [1.29, 1.82) is 0 Å². The molecule has 0 saturated carbocycles. The van der Waals surface area contributed by atoms with Gasteiger partial charge in [0.1, 0.15) is 6.04 Å². The van der Waals surface area contributed by atoms with Gasteiger partial charge in [0.05, 0.1) is 11.9 Å². The molecule has 0 spiro atoms. The molecule has 3 rings (SSSR count). The monoisotopic (exact) mass is 551 g/mol. The molecular formula is C30H37N3O5S. The molecule has 1 fully saturated rings. The van der Waals surface area contributed by atoms with Crippen molar-refractivity contribution >= 4 is 29.7 Å². The van der Waals surface area contributed by atoms with Crippen LogP contribution in [0.5, 0.6) is 0 Å². The van der Waals surface area contributed by atoms with E-state index in [4.69, 9.17) is 4.74 Å². The van der Waals surface area contributed by atoms with Crippen LogP contribution in [0.4, 0.5) is 4.79 Å². The van der Waals surface area contributed by atoms with Gasteiger partial charge >= 0.3 is 6.09 Å². The zero-order chi connectivity index (χ0) is 28.6. The van der Waals surface area contributed by atoms with Crippen molar-refractivity contribution in [1.82, 2.24) is 15.5 Å². The molecule has 0 radical (unpaired) electrons. The highest BCUT2D eigenvalue weighted by Crippen LogP contribution is 2.40. The van der Waals surface area contributed by atoms with Gasteiger partial charge in [0, 0.05) is 11.3 Å². The highest BCUT2D eigenvalue weighted by molar-refractivity contribution is 8.00. The quantitative estimate of drug-likeness (QED) is 0.413. The SMILES string of the molecule is CC#CC(C)OC(=O)NC(Cc1ccccc1)[C@H](O)C(=O)N1CSC(C)(C)C1C(=O)NCc1ccccc1C. The Morgan fingerprint density at radius 2 is 1.82 bits per heavy atom. The number of ether oxygens (including phenoxy) is 1. The third-order valence-electron chi connectivity index (χ3n) is 6.66. The van der Waals surface area contributed by atoms with Gasteiger partial charge in [0.25, 0.3) is 5.91 Å². The van der Waals surface area contributed by atoms with E-state index in [1.165, 1.54) is 16.7 Å². The van der Waals surface area contributed by atoms with E-state index < -0.39 is 41.0 Å². The summed E-state index contributed by atoms with van der Waals surface area (Å²) in [5, 5.41) is 16.9. The van der Waals surface area contributed by atoms with Gasteiger partial charge in [-0.2, -0.15) is 0 Å². The molecule has 1 heterocycles. The summed E-state index contributed by atoms with van der Waals surface area (Å²) in [4.78, 5) is 41.1. The van der Waals surface area contributed by atoms with Crippen LogP contribution in [0.15, 0.2) is 54.6 Å². The maximum atomic E-state index is 13.7. The van der Waals surface area contributed by atoms with Gasteiger partial charge in [-0.1, -0.05) is 60.5 Å². The fraction of sp³-hybridized carbons (Fsp3) is 0.433. The molecule has 4 atom stereocenters. The van der Waals surface area contributed by atoms with E-state index in [-0.39, 0.29) is 18.2 Å². The van der Waals surface area contributed by atoms with Crippen molar-refractivity contribution in [3.8, 4) is 11.8 Å². The molecule has 3 N–H and O–H groups in total. The minimum absolute atomic E-state index is 0.186. The number of amides is 3. The van der Waals surface area contributed by atoms with Gasteiger partial charge in [0.15, 0.2) is 12.2 Å². The van der Waals surface area contributed by atoms with E-state index >= 15 is 0 Å². The van der Waals surface area contributed by atoms with Crippen LogP contribution in [0.2, 0.25) is 0 Å². The topological polar surface area (TPSA) is 108 Å². The Labute approximate surface area is 234 Å². The molecule has 2 aromatic rings. The molecule has 2 aromatic carbocycles. The van der Waals surface area contributed by atoms with Crippen LogP contribution in [0.3, 0.4) is 0 Å². The first-order valence-corrected chi connectivity index (χ1v) is 13.9. The van der Waals surface area contributed by atoms with Crippen molar-refractivity contribution in [3.05, 3.63) is 71.3 Å². The van der Waals surface area contributed by atoms with Crippen molar-refractivity contribution in [2.45, 2.75) is 76.6 Å². The van der Waals surface area contributed by atoms with E-state index in [0.717, 1.165) is 16.7 Å². The van der Waals surface area contributed by atoms with E-state index in [1.54, 1.807) is 13.8 Å². The number of carbonyl (C=O) groups is 3. The summed E-state index contributed by atoms with van der Waals surface area (Å²) in [6.07, 6.45) is -2.86. The van der Waals surface area contributed by atoms with E-state index in [9.17, 15) is 19.5 Å². The number of aliphatic hydroxyl groups is 1. The van der Waals surface area contributed by atoms with E-state index in [0.29, 0.717) is 6.54 Å². The number of rotatable bonds is 9. The summed E-state index contributed by atoms with van der Waals surface area (Å²) in [6, 6.07) is 15.2. The van der Waals surface area contributed by atoms with Gasteiger partial charge in [0.2, 0.25) is 5.91 Å². The Morgan fingerprint density at radius 3 is 2.49 bits per heavy atom. The largest absolute Gasteiger partial charge is 0.433 e. The molecule has 39 heavy (non-hydrogen) atoms. The lowest BCUT2D eigenvalue weighted by Gasteiger charge is -2.33. The summed E-state index contributed by atoms with van der Waals surface area (Å²) in [5.74, 6) is 4.72. The standard InChI is InChI=1S/C30H37N3O5S/c1-6-12-21(3)38-29(37)32-24(17-22-14-8-7-9-15-22)25(34)28(36)33-19-39-30(4,5)26(33)27(35)31-18-23-16-11-10-13-20(23)2/h7-11,13-16,21,24-26,34H,17-19H2,1-5H3,(H,31,35)(H,32,37)/t21?,24?,25-,26?/m0/s1. The van der Waals surface area contributed by atoms with Crippen LogP contribution in [0.25, 0.3) is 0 Å². The number of aryl methyl sites for hydroxylation is 1. The number of nitrogens with one attached hydrogen (secondary N) is 2. The maximum Gasteiger partial charge on any atom is 0.408 e. The van der Waals surface area contributed by atoms with E-state index in [2.05, 4.69) is 22.5 Å². The van der Waals surface area contributed by atoms with Crippen molar-refractivity contribution in [3.63, 3.8) is 0 Å². The second kappa shape index (κ2) is 13.5. The molecule has 0 bridgehead atoms. The number of aliphatic hydroxyl groups excluding tert-OH is 1. The number of hydrogen-bond donors (Lipinski definition) is 3. The third-order valence-corrected chi connectivity index (χ3v) is 8.03. The second-order valence-corrected chi connectivity index (χ2v) is 11.7. The molecule has 9 heteroatoms. The minimum Gasteiger partial charge on any atom is -0.433 e. The fourth-order valence-electron chi connectivity index (χ4n) is 4.53. The lowest BCUT2D eigenvalue weighted by Crippen LogP contribution is -2.58. The average molecular weight is 552 g/mol. The van der Waals surface area contributed by atoms with E-state index in [1.807, 2.05) is 75.4 Å². The summed E-state index contributed by atoms with van der Waals surface area (Å²) in [6.45, 7) is 9.39. The Hall–Kier alpha value is -3.48. The molecule has 3 amide bonds. The lowest BCUT2D eigenvalue weighted by atomic mass is 9.97. The molecule has 0 aliphatic carbocycles. The molecule has 1 saturated heterocycles. The van der Waals surface area contributed by atoms with Gasteiger partial charge in [-0.05, 0) is 57.7 Å². The molecule has 208 valence electrons. The highest BCUT2D eigenvalue weighted by atomic mass is 32.2. The second-order valence-electron chi connectivity index (χ2n) is 10.1. The summed E-state index contributed by atoms with van der Waals surface area (Å²) in [5.41, 5.74) is 2.86. The third kappa shape index (κ3) is 8.01. The Balaban J connectivity index is 1.78. The molecule has 0 aromatic heterocycles. The van der Waals surface area contributed by atoms with Crippen LogP contribution in [-0.2, 0) is 27.3 Å². The number of alkyl carbamates (subject to hydrolysis) is 1. The predicted octanol–water partition coefficient (Wildman–Crippen LogP) is 3.40. The van der Waals surface area contributed by atoms with Crippen molar-refractivity contribution < 1.29 is 24.2 Å². The van der Waals surface area contributed by atoms with Crippen LogP contribution in [0.1, 0.15) is 44.4 Å². The number of thioether (sulfide) groups is 1. The van der Waals surface area contributed by atoms with Gasteiger partial charge in [-0.3, -0.25) is 9.59 Å². The number of hydrogen-bond acceptors (Lipinski definition) is 6. The van der Waals surface area contributed by atoms with Crippen molar-refractivity contribution in [2.75, 3.05) is 5.88 Å².